The van der Waals surface area contributed by atoms with E-state index >= 15 is 0 Å². The Morgan fingerprint density at radius 3 is 2.79 bits per heavy atom. The van der Waals surface area contributed by atoms with Gasteiger partial charge in [-0.05, 0) is 12.8 Å². The molecule has 1 saturated carbocycles. The third-order valence-corrected chi connectivity index (χ3v) is 3.37. The van der Waals surface area contributed by atoms with Gasteiger partial charge in [-0.2, -0.15) is 0 Å². The zero-order valence-electron chi connectivity index (χ0n) is 10.9. The quantitative estimate of drug-likeness (QED) is 0.869. The Hall–Kier alpha value is -2.11. The minimum atomic E-state index is -0.0233. The largest absolute Gasteiger partial charge is 0.365 e. The summed E-state index contributed by atoms with van der Waals surface area (Å²) in [6.45, 7) is 0.655. The molecule has 19 heavy (non-hydrogen) atoms. The fourth-order valence-electron chi connectivity index (χ4n) is 2.12. The van der Waals surface area contributed by atoms with Crippen molar-refractivity contribution < 1.29 is 0 Å². The average molecular weight is 259 g/mol. The van der Waals surface area contributed by atoms with Crippen molar-refractivity contribution in [3.05, 3.63) is 41.0 Å². The first-order chi connectivity index (χ1) is 9.25. The highest BCUT2D eigenvalue weighted by Crippen LogP contribution is 2.33. The highest BCUT2D eigenvalue weighted by Gasteiger charge is 2.25. The minimum absolute atomic E-state index is 0.0233. The molecule has 2 aromatic heterocycles. The normalized spacial score (nSPS) is 14.6. The van der Waals surface area contributed by atoms with Crippen molar-refractivity contribution in [3.8, 4) is 0 Å². The highest BCUT2D eigenvalue weighted by molar-refractivity contribution is 5.31. The third-order valence-electron chi connectivity index (χ3n) is 3.37. The first kappa shape index (κ1) is 12.0. The van der Waals surface area contributed by atoms with E-state index in [4.69, 9.17) is 0 Å². The molecule has 2 heterocycles. The van der Waals surface area contributed by atoms with E-state index in [0.717, 1.165) is 25.1 Å². The molecule has 0 radical (unpaired) electrons. The van der Waals surface area contributed by atoms with Crippen LogP contribution in [0.5, 0.6) is 0 Å². The Labute approximate surface area is 111 Å². The Bertz CT molecular complexity index is 626. The summed E-state index contributed by atoms with van der Waals surface area (Å²) in [6, 6.07) is 0.380. The maximum Gasteiger partial charge on any atom is 0.293 e. The molecule has 0 saturated heterocycles. The van der Waals surface area contributed by atoms with Crippen molar-refractivity contribution in [3.63, 3.8) is 0 Å². The monoisotopic (exact) mass is 259 g/mol. The first-order valence-electron chi connectivity index (χ1n) is 6.53. The van der Waals surface area contributed by atoms with Crippen LogP contribution in [0.4, 0.5) is 5.82 Å². The summed E-state index contributed by atoms with van der Waals surface area (Å²) in [5.74, 6) is 1.43. The Morgan fingerprint density at radius 2 is 2.11 bits per heavy atom. The van der Waals surface area contributed by atoms with Gasteiger partial charge in [-0.15, -0.1) is 0 Å². The van der Waals surface area contributed by atoms with E-state index in [1.807, 2.05) is 17.8 Å². The summed E-state index contributed by atoms with van der Waals surface area (Å²) in [6.07, 6.45) is 10.1. The standard InChI is InChI=1S/C13H17N5O/c1-17-8-6-14-11(17)4-5-15-12-13(19)18(9-7-16-12)10-2-3-10/h6-10H,2-5H2,1H3,(H,15,16). The van der Waals surface area contributed by atoms with Gasteiger partial charge in [0.25, 0.3) is 5.56 Å². The van der Waals surface area contributed by atoms with Crippen LogP contribution in [0, 0.1) is 0 Å². The molecule has 0 aliphatic heterocycles. The Morgan fingerprint density at radius 1 is 1.32 bits per heavy atom. The minimum Gasteiger partial charge on any atom is -0.365 e. The van der Waals surface area contributed by atoms with E-state index in [1.165, 1.54) is 0 Å². The second-order valence-electron chi connectivity index (χ2n) is 4.85. The van der Waals surface area contributed by atoms with Gasteiger partial charge in [0.05, 0.1) is 0 Å². The number of rotatable bonds is 5. The number of nitrogens with zero attached hydrogens (tertiary/aromatic N) is 4. The first-order valence-corrected chi connectivity index (χ1v) is 6.53. The van der Waals surface area contributed by atoms with Crippen LogP contribution in [-0.4, -0.2) is 25.6 Å². The topological polar surface area (TPSA) is 64.7 Å². The fraction of sp³-hybridized carbons (Fsp3) is 0.462. The molecular weight excluding hydrogens is 242 g/mol. The zero-order valence-corrected chi connectivity index (χ0v) is 10.9. The molecule has 1 fully saturated rings. The number of hydrogen-bond donors (Lipinski definition) is 1. The second kappa shape index (κ2) is 4.87. The Balaban J connectivity index is 1.65. The lowest BCUT2D eigenvalue weighted by Gasteiger charge is -2.08. The molecule has 0 unspecified atom stereocenters. The van der Waals surface area contributed by atoms with E-state index < -0.39 is 0 Å². The van der Waals surface area contributed by atoms with Gasteiger partial charge in [-0.25, -0.2) is 9.97 Å². The lowest BCUT2D eigenvalue weighted by atomic mass is 10.4. The van der Waals surface area contributed by atoms with Gasteiger partial charge < -0.3 is 14.5 Å². The number of imidazole rings is 1. The van der Waals surface area contributed by atoms with Gasteiger partial charge in [-0.3, -0.25) is 4.79 Å². The number of anilines is 1. The summed E-state index contributed by atoms with van der Waals surface area (Å²) >= 11 is 0. The molecule has 0 atom stereocenters. The molecule has 0 spiro atoms. The molecule has 3 rings (SSSR count). The van der Waals surface area contributed by atoms with Crippen molar-refractivity contribution in [1.82, 2.24) is 19.1 Å². The lowest BCUT2D eigenvalue weighted by Crippen LogP contribution is -2.24. The van der Waals surface area contributed by atoms with E-state index in [0.29, 0.717) is 18.4 Å². The van der Waals surface area contributed by atoms with Crippen LogP contribution >= 0.6 is 0 Å². The molecular formula is C13H17N5O. The SMILES string of the molecule is Cn1ccnc1CCNc1nccn(C2CC2)c1=O. The smallest absolute Gasteiger partial charge is 0.293 e. The lowest BCUT2D eigenvalue weighted by molar-refractivity contribution is 0.698. The molecule has 1 aliphatic carbocycles. The van der Waals surface area contributed by atoms with Crippen LogP contribution in [0.3, 0.4) is 0 Å². The van der Waals surface area contributed by atoms with Gasteiger partial charge in [-0.1, -0.05) is 0 Å². The maximum absolute atomic E-state index is 12.1. The van der Waals surface area contributed by atoms with Crippen LogP contribution in [0.25, 0.3) is 0 Å². The molecule has 0 aromatic carbocycles. The average Bonchev–Trinajstić information content (AvgIpc) is 3.16. The van der Waals surface area contributed by atoms with Crippen LogP contribution < -0.4 is 10.9 Å². The number of aryl methyl sites for hydroxylation is 1. The summed E-state index contributed by atoms with van der Waals surface area (Å²) < 4.78 is 3.75. The fourth-order valence-corrected chi connectivity index (χ4v) is 2.12. The van der Waals surface area contributed by atoms with E-state index in [1.54, 1.807) is 23.2 Å². The predicted molar refractivity (Wildman–Crippen MR) is 72.2 cm³/mol. The second-order valence-corrected chi connectivity index (χ2v) is 4.85. The summed E-state index contributed by atoms with van der Waals surface area (Å²) in [5, 5.41) is 3.10. The van der Waals surface area contributed by atoms with Crippen molar-refractivity contribution in [2.75, 3.05) is 11.9 Å². The third kappa shape index (κ3) is 2.52. The van der Waals surface area contributed by atoms with E-state index in [-0.39, 0.29) is 5.56 Å². The molecule has 0 amide bonds. The summed E-state index contributed by atoms with van der Waals surface area (Å²) in [5.41, 5.74) is -0.0233. The summed E-state index contributed by atoms with van der Waals surface area (Å²) in [4.78, 5) is 20.5. The van der Waals surface area contributed by atoms with Gasteiger partial charge in [0.1, 0.15) is 5.82 Å². The molecule has 100 valence electrons. The van der Waals surface area contributed by atoms with Crippen LogP contribution in [0.15, 0.2) is 29.6 Å². The number of nitrogens with one attached hydrogen (secondary N) is 1. The summed E-state index contributed by atoms with van der Waals surface area (Å²) in [7, 11) is 1.96. The number of hydrogen-bond acceptors (Lipinski definition) is 4. The number of aromatic nitrogens is 4. The molecule has 1 N–H and O–H groups in total. The van der Waals surface area contributed by atoms with E-state index in [2.05, 4.69) is 15.3 Å². The van der Waals surface area contributed by atoms with Crippen LogP contribution in [0.1, 0.15) is 24.7 Å². The van der Waals surface area contributed by atoms with Crippen molar-refractivity contribution >= 4 is 5.82 Å². The molecule has 0 bridgehead atoms. The van der Waals surface area contributed by atoms with Gasteiger partial charge in [0.2, 0.25) is 0 Å². The zero-order chi connectivity index (χ0) is 13.2. The van der Waals surface area contributed by atoms with Gasteiger partial charge in [0.15, 0.2) is 5.82 Å². The molecule has 6 heteroatoms. The molecule has 2 aromatic rings. The van der Waals surface area contributed by atoms with Gasteiger partial charge in [0, 0.05) is 50.8 Å². The van der Waals surface area contributed by atoms with Crippen LogP contribution in [-0.2, 0) is 13.5 Å². The van der Waals surface area contributed by atoms with E-state index in [9.17, 15) is 4.79 Å². The molecule has 6 nitrogen and oxygen atoms in total. The highest BCUT2D eigenvalue weighted by atomic mass is 16.1. The van der Waals surface area contributed by atoms with Gasteiger partial charge >= 0.3 is 0 Å². The van der Waals surface area contributed by atoms with Crippen molar-refractivity contribution in [1.29, 1.82) is 0 Å². The maximum atomic E-state index is 12.1. The molecule has 1 aliphatic rings. The predicted octanol–water partition coefficient (Wildman–Crippen LogP) is 0.966. The van der Waals surface area contributed by atoms with Crippen LogP contribution in [0.2, 0.25) is 0 Å². The van der Waals surface area contributed by atoms with Crippen molar-refractivity contribution in [2.45, 2.75) is 25.3 Å². The van der Waals surface area contributed by atoms with Crippen molar-refractivity contribution in [2.24, 2.45) is 7.05 Å². The Kier molecular flexibility index (Phi) is 3.06.